The first kappa shape index (κ1) is 13.8. The molecular formula is C18H20N2O. The minimum absolute atomic E-state index is 0.369. The van der Waals surface area contributed by atoms with Gasteiger partial charge >= 0.3 is 0 Å². The lowest BCUT2D eigenvalue weighted by Gasteiger charge is -2.09. The number of hydrogen-bond donors (Lipinski definition) is 0. The third kappa shape index (κ3) is 2.56. The molecule has 1 aromatic carbocycles. The molecule has 0 aliphatic rings. The molecule has 0 unspecified atom stereocenters. The predicted molar refractivity (Wildman–Crippen MR) is 85.4 cm³/mol. The highest BCUT2D eigenvalue weighted by atomic mass is 16.3. The highest BCUT2D eigenvalue weighted by Crippen LogP contribution is 2.30. The van der Waals surface area contributed by atoms with Crippen LogP contribution in [0.3, 0.4) is 0 Å². The summed E-state index contributed by atoms with van der Waals surface area (Å²) in [5.74, 6) is 2.68. The average Bonchev–Trinajstić information content (AvgIpc) is 2.96. The van der Waals surface area contributed by atoms with Gasteiger partial charge in [0.05, 0.1) is 11.2 Å². The highest BCUT2D eigenvalue weighted by molar-refractivity contribution is 5.85. The lowest BCUT2D eigenvalue weighted by atomic mass is 10.0. The number of fused-ring (bicyclic) bond motifs is 1. The summed E-state index contributed by atoms with van der Waals surface area (Å²) >= 11 is 0. The predicted octanol–water partition coefficient (Wildman–Crippen LogP) is 5.14. The Kier molecular flexibility index (Phi) is 3.50. The molecule has 108 valence electrons. The Morgan fingerprint density at radius 3 is 2.38 bits per heavy atom. The van der Waals surface area contributed by atoms with Crippen molar-refractivity contribution in [3.8, 4) is 11.3 Å². The Hall–Kier alpha value is -2.16. The van der Waals surface area contributed by atoms with Crippen molar-refractivity contribution in [2.24, 2.45) is 0 Å². The summed E-state index contributed by atoms with van der Waals surface area (Å²) in [6.45, 7) is 8.57. The van der Waals surface area contributed by atoms with Gasteiger partial charge in [-0.3, -0.25) is 0 Å². The molecule has 3 rings (SSSR count). The van der Waals surface area contributed by atoms with Crippen molar-refractivity contribution in [3.63, 3.8) is 0 Å². The van der Waals surface area contributed by atoms with Gasteiger partial charge in [-0.25, -0.2) is 9.97 Å². The molecule has 2 aromatic heterocycles. The van der Waals surface area contributed by atoms with Crippen LogP contribution in [0.25, 0.3) is 22.2 Å². The molecule has 0 spiro atoms. The first-order chi connectivity index (χ1) is 10.1. The zero-order chi connectivity index (χ0) is 15.0. The Morgan fingerprint density at radius 2 is 1.71 bits per heavy atom. The van der Waals surface area contributed by atoms with Crippen molar-refractivity contribution in [2.75, 3.05) is 0 Å². The largest absolute Gasteiger partial charge is 0.461 e. The zero-order valence-electron chi connectivity index (χ0n) is 12.9. The van der Waals surface area contributed by atoms with Gasteiger partial charge in [-0.2, -0.15) is 0 Å². The van der Waals surface area contributed by atoms with Crippen LogP contribution >= 0.6 is 0 Å². The standard InChI is InChI=1S/C18H20N2O/c1-11(2)16-7-8-17(21-16)13-5-6-15-14(9-13)18(12(3)4)20-10-19-15/h5-12H,1-4H3. The third-order valence-corrected chi connectivity index (χ3v) is 3.69. The number of aromatic nitrogens is 2. The molecule has 0 amide bonds. The van der Waals surface area contributed by atoms with Gasteiger partial charge in [0, 0.05) is 16.9 Å². The van der Waals surface area contributed by atoms with Crippen molar-refractivity contribution in [1.82, 2.24) is 9.97 Å². The molecule has 0 fully saturated rings. The van der Waals surface area contributed by atoms with Crippen molar-refractivity contribution < 1.29 is 4.42 Å². The van der Waals surface area contributed by atoms with E-state index in [1.165, 1.54) is 0 Å². The number of hydrogen-bond acceptors (Lipinski definition) is 3. The number of benzene rings is 1. The monoisotopic (exact) mass is 280 g/mol. The highest BCUT2D eigenvalue weighted by Gasteiger charge is 2.11. The second-order valence-electron chi connectivity index (χ2n) is 6.00. The fourth-order valence-electron chi connectivity index (χ4n) is 2.51. The molecular weight excluding hydrogens is 260 g/mol. The first-order valence-corrected chi connectivity index (χ1v) is 7.41. The van der Waals surface area contributed by atoms with E-state index in [4.69, 9.17) is 4.42 Å². The Labute approximate surface area is 125 Å². The van der Waals surface area contributed by atoms with E-state index < -0.39 is 0 Å². The van der Waals surface area contributed by atoms with Crippen LogP contribution in [0.4, 0.5) is 0 Å². The molecule has 0 radical (unpaired) electrons. The van der Waals surface area contributed by atoms with Gasteiger partial charge in [0.2, 0.25) is 0 Å². The number of furan rings is 1. The fourth-order valence-corrected chi connectivity index (χ4v) is 2.51. The average molecular weight is 280 g/mol. The van der Waals surface area contributed by atoms with E-state index in [-0.39, 0.29) is 0 Å². The minimum atomic E-state index is 0.369. The Morgan fingerprint density at radius 1 is 0.905 bits per heavy atom. The van der Waals surface area contributed by atoms with E-state index >= 15 is 0 Å². The Balaban J connectivity index is 2.13. The summed E-state index contributed by atoms with van der Waals surface area (Å²) < 4.78 is 5.94. The number of rotatable bonds is 3. The molecule has 3 heteroatoms. The molecule has 3 aromatic rings. The maximum absolute atomic E-state index is 5.94. The summed E-state index contributed by atoms with van der Waals surface area (Å²) in [4.78, 5) is 8.78. The van der Waals surface area contributed by atoms with Crippen LogP contribution in [-0.4, -0.2) is 9.97 Å². The van der Waals surface area contributed by atoms with Gasteiger partial charge in [-0.1, -0.05) is 27.7 Å². The maximum atomic E-state index is 5.94. The lowest BCUT2D eigenvalue weighted by Crippen LogP contribution is -1.95. The van der Waals surface area contributed by atoms with Crippen LogP contribution in [0.1, 0.15) is 51.0 Å². The summed E-state index contributed by atoms with van der Waals surface area (Å²) in [5, 5.41) is 1.10. The van der Waals surface area contributed by atoms with Gasteiger partial charge in [0.25, 0.3) is 0 Å². The van der Waals surface area contributed by atoms with E-state index in [0.29, 0.717) is 11.8 Å². The molecule has 0 aliphatic carbocycles. The molecule has 21 heavy (non-hydrogen) atoms. The second kappa shape index (κ2) is 5.32. The van der Waals surface area contributed by atoms with E-state index in [0.717, 1.165) is 33.7 Å². The molecule has 0 N–H and O–H groups in total. The molecule has 2 heterocycles. The SMILES string of the molecule is CC(C)c1ccc(-c2ccc3ncnc(C(C)C)c3c2)o1. The van der Waals surface area contributed by atoms with Crippen LogP contribution in [0.2, 0.25) is 0 Å². The van der Waals surface area contributed by atoms with Gasteiger partial charge < -0.3 is 4.42 Å². The molecule has 0 aliphatic heterocycles. The summed E-state index contributed by atoms with van der Waals surface area (Å²) in [7, 11) is 0. The first-order valence-electron chi connectivity index (χ1n) is 7.41. The Bertz CT molecular complexity index is 772. The van der Waals surface area contributed by atoms with Crippen molar-refractivity contribution in [1.29, 1.82) is 0 Å². The quantitative estimate of drug-likeness (QED) is 0.667. The molecule has 0 bridgehead atoms. The normalized spacial score (nSPS) is 11.7. The molecule has 3 nitrogen and oxygen atoms in total. The van der Waals surface area contributed by atoms with E-state index in [9.17, 15) is 0 Å². The number of nitrogens with zero attached hydrogens (tertiary/aromatic N) is 2. The fraction of sp³-hybridized carbons (Fsp3) is 0.333. The van der Waals surface area contributed by atoms with Gasteiger partial charge in [-0.05, 0) is 36.2 Å². The smallest absolute Gasteiger partial charge is 0.134 e. The second-order valence-corrected chi connectivity index (χ2v) is 6.00. The summed E-state index contributed by atoms with van der Waals surface area (Å²) in [6, 6.07) is 10.3. The topological polar surface area (TPSA) is 38.9 Å². The maximum Gasteiger partial charge on any atom is 0.134 e. The van der Waals surface area contributed by atoms with E-state index in [1.54, 1.807) is 6.33 Å². The van der Waals surface area contributed by atoms with Crippen molar-refractivity contribution >= 4 is 10.9 Å². The van der Waals surface area contributed by atoms with Crippen molar-refractivity contribution in [3.05, 3.63) is 48.1 Å². The van der Waals surface area contributed by atoms with E-state index in [2.05, 4.69) is 55.9 Å². The lowest BCUT2D eigenvalue weighted by molar-refractivity contribution is 0.498. The van der Waals surface area contributed by atoms with Crippen LogP contribution in [-0.2, 0) is 0 Å². The van der Waals surface area contributed by atoms with Crippen molar-refractivity contribution in [2.45, 2.75) is 39.5 Å². The third-order valence-electron chi connectivity index (χ3n) is 3.69. The van der Waals surface area contributed by atoms with E-state index in [1.807, 2.05) is 12.1 Å². The molecule has 0 atom stereocenters. The molecule has 0 saturated carbocycles. The van der Waals surface area contributed by atoms with Crippen LogP contribution in [0.5, 0.6) is 0 Å². The minimum Gasteiger partial charge on any atom is -0.461 e. The zero-order valence-corrected chi connectivity index (χ0v) is 12.9. The summed E-state index contributed by atoms with van der Waals surface area (Å²) in [5.41, 5.74) is 3.14. The van der Waals surface area contributed by atoms with Gasteiger partial charge in [0.1, 0.15) is 17.8 Å². The van der Waals surface area contributed by atoms with Crippen LogP contribution in [0.15, 0.2) is 41.1 Å². The molecule has 0 saturated heterocycles. The van der Waals surface area contributed by atoms with Gasteiger partial charge in [0.15, 0.2) is 0 Å². The van der Waals surface area contributed by atoms with Crippen LogP contribution < -0.4 is 0 Å². The van der Waals surface area contributed by atoms with Gasteiger partial charge in [-0.15, -0.1) is 0 Å². The summed E-state index contributed by atoms with van der Waals surface area (Å²) in [6.07, 6.45) is 1.64. The van der Waals surface area contributed by atoms with Crippen LogP contribution in [0, 0.1) is 0 Å².